The maximum absolute atomic E-state index is 11.9. The number of benzene rings is 1. The van der Waals surface area contributed by atoms with Crippen LogP contribution < -0.4 is 0 Å². The highest BCUT2D eigenvalue weighted by molar-refractivity contribution is 6.30. The fraction of sp³-hybridized carbons (Fsp3) is 0.562. The summed E-state index contributed by atoms with van der Waals surface area (Å²) in [4.78, 5) is 14.1. The van der Waals surface area contributed by atoms with Crippen LogP contribution in [0, 0.1) is 5.41 Å². The van der Waals surface area contributed by atoms with Gasteiger partial charge in [-0.1, -0.05) is 44.5 Å². The van der Waals surface area contributed by atoms with Crippen molar-refractivity contribution >= 4 is 17.4 Å². The molecule has 0 saturated heterocycles. The number of nitrogens with zero attached hydrogens (tertiary/aromatic N) is 1. The highest BCUT2D eigenvalue weighted by Gasteiger charge is 2.22. The fourth-order valence-corrected chi connectivity index (χ4v) is 2.07. The molecule has 0 saturated carbocycles. The van der Waals surface area contributed by atoms with E-state index in [4.69, 9.17) is 11.6 Å². The lowest BCUT2D eigenvalue weighted by molar-refractivity contribution is -0.126. The van der Waals surface area contributed by atoms with Crippen LogP contribution in [0.5, 0.6) is 0 Å². The van der Waals surface area contributed by atoms with Crippen LogP contribution in [-0.4, -0.2) is 24.3 Å². The second-order valence-electron chi connectivity index (χ2n) is 6.13. The topological polar surface area (TPSA) is 20.3 Å². The first-order valence-electron chi connectivity index (χ1n) is 6.71. The lowest BCUT2D eigenvalue weighted by Crippen LogP contribution is -2.29. The number of carbonyl (C=O) groups is 1. The van der Waals surface area contributed by atoms with Gasteiger partial charge in [-0.05, 0) is 31.7 Å². The predicted molar refractivity (Wildman–Crippen MR) is 81.6 cm³/mol. The molecule has 106 valence electrons. The summed E-state index contributed by atoms with van der Waals surface area (Å²) in [6.07, 6.45) is 0.588. The monoisotopic (exact) mass is 281 g/mol. The van der Waals surface area contributed by atoms with E-state index in [0.717, 1.165) is 11.6 Å². The first kappa shape index (κ1) is 16.2. The summed E-state index contributed by atoms with van der Waals surface area (Å²) in [7, 11) is 2.04. The van der Waals surface area contributed by atoms with E-state index in [1.165, 1.54) is 5.56 Å². The molecule has 1 atom stereocenters. The number of Topliss-reactive ketones (excluding diaryl/α,β-unsaturated/α-hetero) is 1. The zero-order valence-corrected chi connectivity index (χ0v) is 13.3. The molecular weight excluding hydrogens is 258 g/mol. The van der Waals surface area contributed by atoms with Gasteiger partial charge >= 0.3 is 0 Å². The minimum atomic E-state index is -0.250. The Kier molecular flexibility index (Phi) is 5.57. The molecule has 1 unspecified atom stereocenters. The molecule has 1 rings (SSSR count). The lowest BCUT2D eigenvalue weighted by Gasteiger charge is -2.26. The van der Waals surface area contributed by atoms with Gasteiger partial charge in [-0.15, -0.1) is 0 Å². The number of halogens is 1. The number of hydrogen-bond acceptors (Lipinski definition) is 2. The van der Waals surface area contributed by atoms with Gasteiger partial charge in [-0.25, -0.2) is 0 Å². The third-order valence-electron chi connectivity index (χ3n) is 3.52. The molecule has 0 aromatic heterocycles. The summed E-state index contributed by atoms with van der Waals surface area (Å²) in [5, 5.41) is 0.753. The van der Waals surface area contributed by atoms with Gasteiger partial charge in [0, 0.05) is 29.4 Å². The average molecular weight is 282 g/mol. The predicted octanol–water partition coefficient (Wildman–Crippen LogP) is 4.34. The van der Waals surface area contributed by atoms with E-state index < -0.39 is 0 Å². The molecular formula is C16H24ClNO. The molecule has 0 bridgehead atoms. The molecule has 0 heterocycles. The van der Waals surface area contributed by atoms with Crippen LogP contribution in [0.2, 0.25) is 5.02 Å². The number of hydrogen-bond donors (Lipinski definition) is 0. The van der Waals surface area contributed by atoms with Crippen LogP contribution in [0.3, 0.4) is 0 Å². The molecule has 3 heteroatoms. The summed E-state index contributed by atoms with van der Waals surface area (Å²) in [5.41, 5.74) is 0.929. The van der Waals surface area contributed by atoms with Crippen LogP contribution >= 0.6 is 11.6 Å². The Morgan fingerprint density at radius 3 is 2.53 bits per heavy atom. The van der Waals surface area contributed by atoms with Crippen molar-refractivity contribution in [1.82, 2.24) is 4.90 Å². The zero-order valence-electron chi connectivity index (χ0n) is 12.5. The van der Waals surface area contributed by atoms with Crippen molar-refractivity contribution in [2.24, 2.45) is 5.41 Å². The van der Waals surface area contributed by atoms with E-state index >= 15 is 0 Å². The van der Waals surface area contributed by atoms with Crippen LogP contribution in [0.4, 0.5) is 0 Å². The van der Waals surface area contributed by atoms with Crippen LogP contribution in [-0.2, 0) is 4.79 Å². The minimum Gasteiger partial charge on any atom is -0.299 e. The van der Waals surface area contributed by atoms with Crippen LogP contribution in [0.25, 0.3) is 0 Å². The van der Waals surface area contributed by atoms with Gasteiger partial charge in [0.25, 0.3) is 0 Å². The quantitative estimate of drug-likeness (QED) is 0.800. The highest BCUT2D eigenvalue weighted by Crippen LogP contribution is 2.23. The van der Waals surface area contributed by atoms with Crippen molar-refractivity contribution in [3.8, 4) is 0 Å². The molecule has 0 radical (unpaired) electrons. The maximum atomic E-state index is 11.9. The van der Waals surface area contributed by atoms with Crippen molar-refractivity contribution < 1.29 is 4.79 Å². The van der Waals surface area contributed by atoms with Gasteiger partial charge in [-0.2, -0.15) is 0 Å². The number of carbonyl (C=O) groups excluding carboxylic acids is 1. The molecule has 0 aliphatic heterocycles. The molecule has 0 aliphatic carbocycles. The Labute approximate surface area is 121 Å². The Bertz CT molecular complexity index is 437. The summed E-state index contributed by atoms with van der Waals surface area (Å²) in [5.74, 6) is 0.303. The Morgan fingerprint density at radius 1 is 1.37 bits per heavy atom. The molecule has 1 aromatic carbocycles. The summed E-state index contributed by atoms with van der Waals surface area (Å²) < 4.78 is 0. The highest BCUT2D eigenvalue weighted by atomic mass is 35.5. The second kappa shape index (κ2) is 6.53. The Hall–Kier alpha value is -0.860. The largest absolute Gasteiger partial charge is 0.299 e. The normalized spacial score (nSPS) is 13.6. The van der Waals surface area contributed by atoms with Crippen LogP contribution in [0.1, 0.15) is 45.7 Å². The lowest BCUT2D eigenvalue weighted by atomic mass is 9.89. The summed E-state index contributed by atoms with van der Waals surface area (Å²) in [6.45, 7) is 8.80. The molecule has 19 heavy (non-hydrogen) atoms. The molecule has 1 aromatic rings. The van der Waals surface area contributed by atoms with Gasteiger partial charge < -0.3 is 0 Å². The Morgan fingerprint density at radius 2 is 2.00 bits per heavy atom. The summed E-state index contributed by atoms with van der Waals surface area (Å²) >= 11 is 6.01. The van der Waals surface area contributed by atoms with Gasteiger partial charge in [0.15, 0.2) is 0 Å². The van der Waals surface area contributed by atoms with E-state index in [9.17, 15) is 4.79 Å². The second-order valence-corrected chi connectivity index (χ2v) is 6.57. The van der Waals surface area contributed by atoms with Crippen molar-refractivity contribution in [2.45, 2.75) is 40.2 Å². The van der Waals surface area contributed by atoms with Gasteiger partial charge in [-0.3, -0.25) is 9.69 Å². The van der Waals surface area contributed by atoms with Gasteiger partial charge in [0.2, 0.25) is 0 Å². The van der Waals surface area contributed by atoms with E-state index in [1.807, 2.05) is 46.0 Å². The van der Waals surface area contributed by atoms with E-state index in [1.54, 1.807) is 0 Å². The number of ketones is 1. The molecule has 0 amide bonds. The standard InChI is InChI=1S/C16H24ClNO/c1-12(13-7-6-8-14(17)11-13)18(5)10-9-15(19)16(2,3)4/h6-8,11-12H,9-10H2,1-5H3. The van der Waals surface area contributed by atoms with Crippen molar-refractivity contribution in [3.05, 3.63) is 34.9 Å². The Balaban J connectivity index is 2.59. The van der Waals surface area contributed by atoms with Crippen molar-refractivity contribution in [3.63, 3.8) is 0 Å². The maximum Gasteiger partial charge on any atom is 0.139 e. The molecule has 2 nitrogen and oxygen atoms in total. The zero-order chi connectivity index (χ0) is 14.6. The fourth-order valence-electron chi connectivity index (χ4n) is 1.87. The van der Waals surface area contributed by atoms with E-state index in [2.05, 4.69) is 17.9 Å². The summed E-state index contributed by atoms with van der Waals surface area (Å²) in [6, 6.07) is 8.14. The smallest absolute Gasteiger partial charge is 0.139 e. The average Bonchev–Trinajstić information content (AvgIpc) is 2.33. The molecule has 0 spiro atoms. The molecule has 0 fully saturated rings. The molecule has 0 aliphatic rings. The molecule has 0 N–H and O–H groups in total. The number of rotatable bonds is 5. The van der Waals surface area contributed by atoms with Crippen LogP contribution in [0.15, 0.2) is 24.3 Å². The van der Waals surface area contributed by atoms with E-state index in [0.29, 0.717) is 12.2 Å². The van der Waals surface area contributed by atoms with Gasteiger partial charge in [0.05, 0.1) is 0 Å². The SMILES string of the molecule is CC(c1cccc(Cl)c1)N(C)CCC(=O)C(C)(C)C. The van der Waals surface area contributed by atoms with Crippen molar-refractivity contribution in [1.29, 1.82) is 0 Å². The van der Waals surface area contributed by atoms with Gasteiger partial charge in [0.1, 0.15) is 5.78 Å². The third-order valence-corrected chi connectivity index (χ3v) is 3.76. The first-order chi connectivity index (χ1) is 8.71. The van der Waals surface area contributed by atoms with E-state index in [-0.39, 0.29) is 11.5 Å². The third kappa shape index (κ3) is 4.96. The van der Waals surface area contributed by atoms with Crippen molar-refractivity contribution in [2.75, 3.05) is 13.6 Å². The minimum absolute atomic E-state index is 0.250. The first-order valence-corrected chi connectivity index (χ1v) is 7.08.